The number of unbranched alkanes of at least 4 members (excludes halogenated alkanes) is 1. The van der Waals surface area contributed by atoms with Crippen molar-refractivity contribution < 1.29 is 4.79 Å². The van der Waals surface area contributed by atoms with Crippen LogP contribution >= 0.6 is 0 Å². The maximum atomic E-state index is 11.5. The minimum atomic E-state index is 0.265. The summed E-state index contributed by atoms with van der Waals surface area (Å²) in [4.78, 5) is 11.5. The average molecular weight is 170 g/mol. The zero-order chi connectivity index (χ0) is 9.56. The quantitative estimate of drug-likeness (QED) is 0.597. The number of Topliss-reactive ketones (excluding diaryl/α,β-unsaturated/α-hetero) is 1. The van der Waals surface area contributed by atoms with Crippen LogP contribution in [0, 0.1) is 11.8 Å². The first kappa shape index (κ1) is 11.7. The van der Waals surface area contributed by atoms with E-state index in [-0.39, 0.29) is 5.92 Å². The van der Waals surface area contributed by atoms with Gasteiger partial charge in [-0.15, -0.1) is 0 Å². The van der Waals surface area contributed by atoms with E-state index in [1.807, 2.05) is 0 Å². The van der Waals surface area contributed by atoms with Crippen LogP contribution in [0.2, 0.25) is 0 Å². The van der Waals surface area contributed by atoms with Gasteiger partial charge in [-0.25, -0.2) is 0 Å². The second-order valence-corrected chi connectivity index (χ2v) is 3.74. The van der Waals surface area contributed by atoms with Gasteiger partial charge in [0.15, 0.2) is 0 Å². The lowest BCUT2D eigenvalue weighted by Crippen LogP contribution is -2.18. The summed E-state index contributed by atoms with van der Waals surface area (Å²) in [5.41, 5.74) is 0. The van der Waals surface area contributed by atoms with E-state index in [9.17, 15) is 4.79 Å². The summed E-state index contributed by atoms with van der Waals surface area (Å²) in [6.07, 6.45) is 4.07. The molecule has 0 aromatic heterocycles. The van der Waals surface area contributed by atoms with E-state index in [4.69, 9.17) is 0 Å². The van der Waals surface area contributed by atoms with Gasteiger partial charge in [0.1, 0.15) is 5.78 Å². The van der Waals surface area contributed by atoms with Crippen molar-refractivity contribution in [2.45, 2.75) is 53.4 Å². The lowest BCUT2D eigenvalue weighted by atomic mass is 9.88. The summed E-state index contributed by atoms with van der Waals surface area (Å²) < 4.78 is 0. The summed E-state index contributed by atoms with van der Waals surface area (Å²) >= 11 is 0. The van der Waals surface area contributed by atoms with Crippen LogP contribution in [0.4, 0.5) is 0 Å². The lowest BCUT2D eigenvalue weighted by Gasteiger charge is -2.16. The van der Waals surface area contributed by atoms with Crippen molar-refractivity contribution in [1.82, 2.24) is 0 Å². The fourth-order valence-corrected chi connectivity index (χ4v) is 1.25. The Hall–Kier alpha value is -0.330. The van der Waals surface area contributed by atoms with E-state index in [1.165, 1.54) is 0 Å². The average Bonchev–Trinajstić information content (AvgIpc) is 2.11. The van der Waals surface area contributed by atoms with Gasteiger partial charge >= 0.3 is 0 Å². The standard InChI is InChI=1S/C11H22O/c1-5-7-8-11(12)10(4)9(3)6-2/h9-10H,5-8H2,1-4H3. The van der Waals surface area contributed by atoms with Gasteiger partial charge in [-0.1, -0.05) is 40.5 Å². The van der Waals surface area contributed by atoms with Crippen LogP contribution in [0.3, 0.4) is 0 Å². The molecule has 0 saturated heterocycles. The molecule has 0 amide bonds. The molecule has 0 radical (unpaired) electrons. The van der Waals surface area contributed by atoms with E-state index in [0.29, 0.717) is 11.7 Å². The highest BCUT2D eigenvalue weighted by molar-refractivity contribution is 5.80. The van der Waals surface area contributed by atoms with Crippen LogP contribution in [0.5, 0.6) is 0 Å². The molecule has 0 saturated carbocycles. The van der Waals surface area contributed by atoms with Crippen molar-refractivity contribution in [1.29, 1.82) is 0 Å². The van der Waals surface area contributed by atoms with Gasteiger partial charge in [0, 0.05) is 12.3 Å². The number of rotatable bonds is 6. The predicted molar refractivity (Wildman–Crippen MR) is 53.2 cm³/mol. The molecule has 0 heterocycles. The van der Waals surface area contributed by atoms with Gasteiger partial charge < -0.3 is 0 Å². The van der Waals surface area contributed by atoms with Crippen molar-refractivity contribution in [3.63, 3.8) is 0 Å². The monoisotopic (exact) mass is 170 g/mol. The van der Waals surface area contributed by atoms with Gasteiger partial charge in [0.2, 0.25) is 0 Å². The van der Waals surface area contributed by atoms with E-state index < -0.39 is 0 Å². The van der Waals surface area contributed by atoms with Crippen LogP contribution < -0.4 is 0 Å². The van der Waals surface area contributed by atoms with Crippen LogP contribution in [0.25, 0.3) is 0 Å². The molecule has 0 aliphatic rings. The summed E-state index contributed by atoms with van der Waals surface area (Å²) in [6, 6.07) is 0. The Balaban J connectivity index is 3.75. The normalized spacial score (nSPS) is 15.7. The van der Waals surface area contributed by atoms with Crippen molar-refractivity contribution in [2.75, 3.05) is 0 Å². The molecule has 2 unspecified atom stereocenters. The fraction of sp³-hybridized carbons (Fsp3) is 0.909. The Bertz CT molecular complexity index is 129. The minimum Gasteiger partial charge on any atom is -0.299 e. The van der Waals surface area contributed by atoms with E-state index in [2.05, 4.69) is 27.7 Å². The molecule has 0 N–H and O–H groups in total. The first-order valence-electron chi connectivity index (χ1n) is 5.16. The molecule has 2 atom stereocenters. The van der Waals surface area contributed by atoms with Crippen molar-refractivity contribution in [3.8, 4) is 0 Å². The summed E-state index contributed by atoms with van der Waals surface area (Å²) in [6.45, 7) is 8.50. The van der Waals surface area contributed by atoms with Crippen molar-refractivity contribution in [3.05, 3.63) is 0 Å². The maximum Gasteiger partial charge on any atom is 0.135 e. The third-order valence-electron chi connectivity index (χ3n) is 2.78. The number of hydrogen-bond acceptors (Lipinski definition) is 1. The van der Waals surface area contributed by atoms with Gasteiger partial charge in [-0.2, -0.15) is 0 Å². The topological polar surface area (TPSA) is 17.1 Å². The second kappa shape index (κ2) is 6.22. The molecule has 0 bridgehead atoms. The van der Waals surface area contributed by atoms with Gasteiger partial charge in [0.05, 0.1) is 0 Å². The van der Waals surface area contributed by atoms with Crippen LogP contribution in [0.15, 0.2) is 0 Å². The van der Waals surface area contributed by atoms with Gasteiger partial charge in [0.25, 0.3) is 0 Å². The second-order valence-electron chi connectivity index (χ2n) is 3.74. The Morgan fingerprint density at radius 2 is 1.83 bits per heavy atom. The van der Waals surface area contributed by atoms with Crippen LogP contribution in [-0.2, 0) is 4.79 Å². The van der Waals surface area contributed by atoms with Crippen molar-refractivity contribution >= 4 is 5.78 Å². The molecule has 72 valence electrons. The lowest BCUT2D eigenvalue weighted by molar-refractivity contribution is -0.123. The Kier molecular flexibility index (Phi) is 6.04. The molecule has 0 aromatic rings. The number of carbonyl (C=O) groups excluding carboxylic acids is 1. The molecular formula is C11H22O. The van der Waals surface area contributed by atoms with Crippen LogP contribution in [0.1, 0.15) is 53.4 Å². The molecule has 12 heavy (non-hydrogen) atoms. The van der Waals surface area contributed by atoms with Crippen LogP contribution in [-0.4, -0.2) is 5.78 Å². The number of carbonyl (C=O) groups is 1. The third-order valence-corrected chi connectivity index (χ3v) is 2.78. The smallest absolute Gasteiger partial charge is 0.135 e. The van der Waals surface area contributed by atoms with E-state index in [1.54, 1.807) is 0 Å². The third kappa shape index (κ3) is 3.89. The highest BCUT2D eigenvalue weighted by atomic mass is 16.1. The molecule has 1 heteroatoms. The first-order chi connectivity index (χ1) is 5.63. The van der Waals surface area contributed by atoms with E-state index in [0.717, 1.165) is 25.7 Å². The van der Waals surface area contributed by atoms with Gasteiger partial charge in [-0.3, -0.25) is 4.79 Å². The molecular weight excluding hydrogens is 148 g/mol. The summed E-state index contributed by atoms with van der Waals surface area (Å²) in [5.74, 6) is 1.27. The minimum absolute atomic E-state index is 0.265. The number of hydrogen-bond donors (Lipinski definition) is 0. The molecule has 0 fully saturated rings. The Morgan fingerprint density at radius 1 is 1.25 bits per heavy atom. The van der Waals surface area contributed by atoms with E-state index >= 15 is 0 Å². The molecule has 0 rings (SSSR count). The largest absolute Gasteiger partial charge is 0.299 e. The van der Waals surface area contributed by atoms with Gasteiger partial charge in [-0.05, 0) is 12.3 Å². The summed E-state index contributed by atoms with van der Waals surface area (Å²) in [5, 5.41) is 0. The molecule has 0 aliphatic heterocycles. The Labute approximate surface area is 76.6 Å². The molecule has 0 aromatic carbocycles. The highest BCUT2D eigenvalue weighted by Gasteiger charge is 2.17. The maximum absolute atomic E-state index is 11.5. The zero-order valence-electron chi connectivity index (χ0n) is 8.89. The highest BCUT2D eigenvalue weighted by Crippen LogP contribution is 2.17. The zero-order valence-corrected chi connectivity index (χ0v) is 8.89. The molecule has 0 aliphatic carbocycles. The SMILES string of the molecule is CCCCC(=O)C(C)C(C)CC. The fourth-order valence-electron chi connectivity index (χ4n) is 1.25. The molecule has 0 spiro atoms. The first-order valence-corrected chi connectivity index (χ1v) is 5.16. The number of ketones is 1. The summed E-state index contributed by atoms with van der Waals surface area (Å²) in [7, 11) is 0. The Morgan fingerprint density at radius 3 is 2.25 bits per heavy atom. The molecule has 1 nitrogen and oxygen atoms in total. The predicted octanol–water partition coefficient (Wildman–Crippen LogP) is 3.43. The van der Waals surface area contributed by atoms with Crippen molar-refractivity contribution in [2.24, 2.45) is 11.8 Å².